The Morgan fingerprint density at radius 1 is 1.12 bits per heavy atom. The van der Waals surface area contributed by atoms with Crippen molar-refractivity contribution in [1.29, 1.82) is 0 Å². The van der Waals surface area contributed by atoms with Gasteiger partial charge in [0.05, 0.1) is 0 Å². The predicted molar refractivity (Wildman–Crippen MR) is 75.8 cm³/mol. The van der Waals surface area contributed by atoms with Crippen LogP contribution in [0.2, 0.25) is 0 Å². The van der Waals surface area contributed by atoms with E-state index in [0.29, 0.717) is 0 Å². The maximum absolute atomic E-state index is 2.20. The van der Waals surface area contributed by atoms with Crippen molar-refractivity contribution in [2.45, 2.75) is 41.0 Å². The summed E-state index contributed by atoms with van der Waals surface area (Å²) in [7, 11) is 0. The van der Waals surface area contributed by atoms with Crippen molar-refractivity contribution in [3.63, 3.8) is 0 Å². The second-order valence-electron chi connectivity index (χ2n) is 3.39. The first-order valence-corrected chi connectivity index (χ1v) is 6.17. The molecule has 0 spiro atoms. The largest absolute Gasteiger partial charge is 0.0877 e. The van der Waals surface area contributed by atoms with Crippen LogP contribution in [0.3, 0.4) is 0 Å². The molecule has 88 valence electrons. The molecule has 0 heteroatoms. The quantitative estimate of drug-likeness (QED) is 0.611. The maximum Gasteiger partial charge on any atom is -0.0195 e. The lowest BCUT2D eigenvalue weighted by atomic mass is 10.00. The molecule has 1 aromatic carbocycles. The van der Waals surface area contributed by atoms with Gasteiger partial charge in [-0.2, -0.15) is 0 Å². The second kappa shape index (κ2) is 8.96. The summed E-state index contributed by atoms with van der Waals surface area (Å²) >= 11 is 0. The third-order valence-corrected chi connectivity index (χ3v) is 2.36. The van der Waals surface area contributed by atoms with Crippen molar-refractivity contribution in [2.24, 2.45) is 0 Å². The molecule has 0 aliphatic rings. The first kappa shape index (κ1) is 14.7. The van der Waals surface area contributed by atoms with Gasteiger partial charge in [0.1, 0.15) is 0 Å². The molecule has 0 unspecified atom stereocenters. The van der Waals surface area contributed by atoms with Crippen LogP contribution in [0, 0.1) is 6.92 Å². The second-order valence-corrected chi connectivity index (χ2v) is 3.39. The smallest absolute Gasteiger partial charge is 0.0195 e. The fraction of sp³-hybridized carbons (Fsp3) is 0.375. The van der Waals surface area contributed by atoms with Crippen LogP contribution in [0.4, 0.5) is 0 Å². The molecule has 1 aromatic rings. The first-order chi connectivity index (χ1) is 7.79. The van der Waals surface area contributed by atoms with Crippen LogP contribution in [0.25, 0.3) is 6.08 Å². The molecular weight excluding hydrogens is 192 g/mol. The Morgan fingerprint density at radius 3 is 2.38 bits per heavy atom. The van der Waals surface area contributed by atoms with Gasteiger partial charge >= 0.3 is 0 Å². The van der Waals surface area contributed by atoms with Gasteiger partial charge in [-0.05, 0) is 37.0 Å². The summed E-state index contributed by atoms with van der Waals surface area (Å²) in [5.74, 6) is 0. The summed E-state index contributed by atoms with van der Waals surface area (Å²) in [4.78, 5) is 0. The summed E-state index contributed by atoms with van der Waals surface area (Å²) in [5.41, 5.74) is 4.14. The fourth-order valence-electron chi connectivity index (χ4n) is 1.55. The third-order valence-electron chi connectivity index (χ3n) is 2.36. The van der Waals surface area contributed by atoms with Gasteiger partial charge in [-0.25, -0.2) is 0 Å². The topological polar surface area (TPSA) is 0 Å². The van der Waals surface area contributed by atoms with E-state index in [0.717, 1.165) is 6.42 Å². The van der Waals surface area contributed by atoms with E-state index in [-0.39, 0.29) is 0 Å². The molecule has 0 heterocycles. The van der Waals surface area contributed by atoms with Crippen molar-refractivity contribution in [3.8, 4) is 0 Å². The van der Waals surface area contributed by atoms with Crippen LogP contribution in [-0.2, 0) is 6.42 Å². The maximum atomic E-state index is 2.20. The Labute approximate surface area is 101 Å². The normalized spacial score (nSPS) is 10.6. The third kappa shape index (κ3) is 4.48. The molecule has 0 saturated carbocycles. The van der Waals surface area contributed by atoms with E-state index < -0.39 is 0 Å². The summed E-state index contributed by atoms with van der Waals surface area (Å²) in [6, 6.07) is 6.48. The highest BCUT2D eigenvalue weighted by Crippen LogP contribution is 2.16. The minimum Gasteiger partial charge on any atom is -0.0877 e. The zero-order valence-corrected chi connectivity index (χ0v) is 11.2. The molecule has 0 aliphatic carbocycles. The van der Waals surface area contributed by atoms with Crippen molar-refractivity contribution in [2.75, 3.05) is 0 Å². The van der Waals surface area contributed by atoms with Crippen LogP contribution < -0.4 is 0 Å². The lowest BCUT2D eigenvalue weighted by molar-refractivity contribution is 1.12. The van der Waals surface area contributed by atoms with E-state index in [4.69, 9.17) is 0 Å². The number of allylic oxidation sites excluding steroid dienone is 3. The fourth-order valence-corrected chi connectivity index (χ4v) is 1.55. The Morgan fingerprint density at radius 2 is 1.81 bits per heavy atom. The van der Waals surface area contributed by atoms with Crippen molar-refractivity contribution in [3.05, 3.63) is 53.1 Å². The zero-order valence-electron chi connectivity index (χ0n) is 11.2. The summed E-state index contributed by atoms with van der Waals surface area (Å²) in [6.45, 7) is 10.4. The van der Waals surface area contributed by atoms with Crippen LogP contribution in [0.5, 0.6) is 0 Å². The highest BCUT2D eigenvalue weighted by atomic mass is 14.0. The lowest BCUT2D eigenvalue weighted by Gasteiger charge is -2.06. The molecule has 0 bridgehead atoms. The lowest BCUT2D eigenvalue weighted by Crippen LogP contribution is -1.89. The SMILES string of the molecule is C/C=C\C=C/c1c(C)cccc1CC.CC. The van der Waals surface area contributed by atoms with Crippen molar-refractivity contribution in [1.82, 2.24) is 0 Å². The summed E-state index contributed by atoms with van der Waals surface area (Å²) in [5, 5.41) is 0. The van der Waals surface area contributed by atoms with Crippen LogP contribution >= 0.6 is 0 Å². The van der Waals surface area contributed by atoms with Gasteiger partial charge in [0.2, 0.25) is 0 Å². The molecule has 0 N–H and O–H groups in total. The molecule has 0 aliphatic heterocycles. The van der Waals surface area contributed by atoms with Gasteiger partial charge in [0.15, 0.2) is 0 Å². The highest BCUT2D eigenvalue weighted by molar-refractivity contribution is 5.59. The van der Waals surface area contributed by atoms with E-state index in [1.54, 1.807) is 0 Å². The molecule has 0 fully saturated rings. The molecule has 0 aromatic heterocycles. The molecule has 0 saturated heterocycles. The number of rotatable bonds is 3. The first-order valence-electron chi connectivity index (χ1n) is 6.17. The molecule has 0 amide bonds. The monoisotopic (exact) mass is 216 g/mol. The van der Waals surface area contributed by atoms with E-state index in [1.165, 1.54) is 16.7 Å². The van der Waals surface area contributed by atoms with E-state index >= 15 is 0 Å². The predicted octanol–water partition coefficient (Wildman–Crippen LogP) is 5.17. The highest BCUT2D eigenvalue weighted by Gasteiger charge is 1.98. The van der Waals surface area contributed by atoms with Gasteiger partial charge in [-0.15, -0.1) is 0 Å². The van der Waals surface area contributed by atoms with E-state index in [9.17, 15) is 0 Å². The Balaban J connectivity index is 0.00000106. The van der Waals surface area contributed by atoms with Gasteiger partial charge in [0.25, 0.3) is 0 Å². The van der Waals surface area contributed by atoms with E-state index in [2.05, 4.69) is 50.3 Å². The minimum absolute atomic E-state index is 1.09. The van der Waals surface area contributed by atoms with Gasteiger partial charge in [-0.3, -0.25) is 0 Å². The zero-order chi connectivity index (χ0) is 12.4. The van der Waals surface area contributed by atoms with Gasteiger partial charge < -0.3 is 0 Å². The van der Waals surface area contributed by atoms with Gasteiger partial charge in [-0.1, -0.05) is 63.3 Å². The van der Waals surface area contributed by atoms with Crippen LogP contribution in [0.15, 0.2) is 36.4 Å². The Kier molecular flexibility index (Phi) is 8.24. The Hall–Kier alpha value is -1.30. The average molecular weight is 216 g/mol. The van der Waals surface area contributed by atoms with Crippen LogP contribution in [0.1, 0.15) is 44.4 Å². The molecule has 1 rings (SSSR count). The minimum atomic E-state index is 1.09. The number of hydrogen-bond donors (Lipinski definition) is 0. The Bertz CT molecular complexity index is 343. The number of hydrogen-bond acceptors (Lipinski definition) is 0. The summed E-state index contributed by atoms with van der Waals surface area (Å²) < 4.78 is 0. The van der Waals surface area contributed by atoms with Gasteiger partial charge in [0, 0.05) is 0 Å². The van der Waals surface area contributed by atoms with Crippen molar-refractivity contribution >= 4 is 6.08 Å². The van der Waals surface area contributed by atoms with E-state index in [1.807, 2.05) is 26.8 Å². The molecule has 0 atom stereocenters. The van der Waals surface area contributed by atoms with Crippen molar-refractivity contribution < 1.29 is 0 Å². The molecule has 0 radical (unpaired) electrons. The number of benzene rings is 1. The standard InChI is InChI=1S/C14H18.C2H6/c1-4-6-7-11-14-12(3)9-8-10-13(14)5-2;1-2/h4,6-11H,5H2,1-3H3;1-2H3/b6-4-,11-7-;. The average Bonchev–Trinajstić information content (AvgIpc) is 2.34. The van der Waals surface area contributed by atoms with Crippen LogP contribution in [-0.4, -0.2) is 0 Å². The number of aryl methyl sites for hydroxylation is 2. The molecule has 16 heavy (non-hydrogen) atoms. The summed E-state index contributed by atoms with van der Waals surface area (Å²) in [6.07, 6.45) is 9.49. The molecule has 0 nitrogen and oxygen atoms in total. The molecular formula is C16H24.